The van der Waals surface area contributed by atoms with Crippen molar-refractivity contribution in [2.45, 2.75) is 0 Å². The molecule has 1 fully saturated rings. The Morgan fingerprint density at radius 2 is 1.92 bits per heavy atom. The molecule has 1 aliphatic rings. The van der Waals surface area contributed by atoms with Crippen LogP contribution in [-0.4, -0.2) is 47.1 Å². The van der Waals surface area contributed by atoms with Gasteiger partial charge in [-0.2, -0.15) is 5.10 Å². The van der Waals surface area contributed by atoms with Gasteiger partial charge in [-0.3, -0.25) is 5.01 Å². The van der Waals surface area contributed by atoms with Crippen LogP contribution in [0.2, 0.25) is 0 Å². The normalized spacial score (nSPS) is 15.8. The SMILES string of the molecule is N/C(=N/N1CCOCC1)c1ccc2nc(/C=C\c3ccccc3)[nH]c2c1. The van der Waals surface area contributed by atoms with Gasteiger partial charge in [0.05, 0.1) is 37.3 Å². The van der Waals surface area contributed by atoms with Crippen molar-refractivity contribution in [2.75, 3.05) is 26.3 Å². The lowest BCUT2D eigenvalue weighted by Gasteiger charge is -2.24. The molecule has 0 spiro atoms. The van der Waals surface area contributed by atoms with Crippen LogP contribution in [0.1, 0.15) is 17.0 Å². The average Bonchev–Trinajstić information content (AvgIpc) is 3.10. The van der Waals surface area contributed by atoms with Crippen LogP contribution >= 0.6 is 0 Å². The number of nitrogens with zero attached hydrogens (tertiary/aromatic N) is 3. The highest BCUT2D eigenvalue weighted by molar-refractivity contribution is 6.00. The van der Waals surface area contributed by atoms with Crippen LogP contribution < -0.4 is 5.73 Å². The Balaban J connectivity index is 1.55. The Hall–Kier alpha value is -3.12. The molecular weight excluding hydrogens is 326 g/mol. The minimum atomic E-state index is 0.504. The molecule has 0 amide bonds. The minimum absolute atomic E-state index is 0.504. The molecule has 3 N–H and O–H groups in total. The molecule has 2 heterocycles. The van der Waals surface area contributed by atoms with E-state index in [0.29, 0.717) is 19.0 Å². The van der Waals surface area contributed by atoms with E-state index in [-0.39, 0.29) is 0 Å². The van der Waals surface area contributed by atoms with Gasteiger partial charge in [-0.05, 0) is 29.8 Å². The van der Waals surface area contributed by atoms with Gasteiger partial charge in [-0.1, -0.05) is 36.4 Å². The topological polar surface area (TPSA) is 79.5 Å². The van der Waals surface area contributed by atoms with E-state index in [9.17, 15) is 0 Å². The molecule has 2 aromatic carbocycles. The van der Waals surface area contributed by atoms with Gasteiger partial charge in [0.25, 0.3) is 0 Å². The second-order valence-electron chi connectivity index (χ2n) is 6.15. The predicted octanol–water partition coefficient (Wildman–Crippen LogP) is 2.69. The van der Waals surface area contributed by atoms with Crippen LogP contribution in [0.3, 0.4) is 0 Å². The highest BCUT2D eigenvalue weighted by atomic mass is 16.5. The van der Waals surface area contributed by atoms with Crippen LogP contribution in [0, 0.1) is 0 Å². The fraction of sp³-hybridized carbons (Fsp3) is 0.200. The van der Waals surface area contributed by atoms with E-state index in [1.54, 1.807) is 0 Å². The summed E-state index contributed by atoms with van der Waals surface area (Å²) in [5, 5.41) is 6.44. The molecule has 6 heteroatoms. The highest BCUT2D eigenvalue weighted by Crippen LogP contribution is 2.16. The maximum atomic E-state index is 6.18. The van der Waals surface area contributed by atoms with E-state index in [4.69, 9.17) is 10.5 Å². The summed E-state index contributed by atoms with van der Waals surface area (Å²) in [5.41, 5.74) is 10.0. The number of H-pyrrole nitrogens is 1. The number of imidazole rings is 1. The van der Waals surface area contributed by atoms with Crippen LogP contribution in [0.5, 0.6) is 0 Å². The van der Waals surface area contributed by atoms with E-state index < -0.39 is 0 Å². The summed E-state index contributed by atoms with van der Waals surface area (Å²) in [6.45, 7) is 2.91. The molecule has 1 aromatic heterocycles. The van der Waals surface area contributed by atoms with Crippen molar-refractivity contribution >= 4 is 29.0 Å². The summed E-state index contributed by atoms with van der Waals surface area (Å²) >= 11 is 0. The molecule has 6 nitrogen and oxygen atoms in total. The molecular formula is C20H21N5O. The lowest BCUT2D eigenvalue weighted by atomic mass is 10.2. The number of aromatic amines is 1. The quantitative estimate of drug-likeness (QED) is 0.562. The number of hydrazone groups is 1. The van der Waals surface area contributed by atoms with E-state index >= 15 is 0 Å². The molecule has 0 atom stereocenters. The van der Waals surface area contributed by atoms with Crippen molar-refractivity contribution in [1.29, 1.82) is 0 Å². The second kappa shape index (κ2) is 7.41. The standard InChI is InChI=1S/C20H21N5O/c21-20(24-25-10-12-26-13-11-25)16-7-8-17-18(14-16)23-19(22-17)9-6-15-4-2-1-3-5-15/h1-9,14H,10-13H2,(H2,21,24)(H,22,23)/b9-6-. The van der Waals surface area contributed by atoms with Gasteiger partial charge in [0, 0.05) is 5.56 Å². The fourth-order valence-corrected chi connectivity index (χ4v) is 2.87. The summed E-state index contributed by atoms with van der Waals surface area (Å²) in [7, 11) is 0. The number of amidine groups is 1. The number of nitrogens with two attached hydrogens (primary N) is 1. The summed E-state index contributed by atoms with van der Waals surface area (Å²) in [5.74, 6) is 1.31. The van der Waals surface area contributed by atoms with Gasteiger partial charge in [-0.25, -0.2) is 4.98 Å². The Morgan fingerprint density at radius 1 is 1.12 bits per heavy atom. The number of hydrogen-bond acceptors (Lipinski definition) is 4. The van der Waals surface area contributed by atoms with Crippen LogP contribution in [-0.2, 0) is 4.74 Å². The molecule has 3 aromatic rings. The lowest BCUT2D eigenvalue weighted by molar-refractivity contribution is 0.0393. The van der Waals surface area contributed by atoms with Gasteiger partial charge in [0.2, 0.25) is 0 Å². The molecule has 0 radical (unpaired) electrons. The Morgan fingerprint density at radius 3 is 2.73 bits per heavy atom. The van der Waals surface area contributed by atoms with E-state index in [2.05, 4.69) is 27.2 Å². The minimum Gasteiger partial charge on any atom is -0.382 e. The molecule has 0 aliphatic carbocycles. The first-order valence-corrected chi connectivity index (χ1v) is 8.68. The highest BCUT2D eigenvalue weighted by Gasteiger charge is 2.10. The smallest absolute Gasteiger partial charge is 0.150 e. The average molecular weight is 347 g/mol. The number of aromatic nitrogens is 2. The van der Waals surface area contributed by atoms with Crippen molar-refractivity contribution in [2.24, 2.45) is 10.8 Å². The predicted molar refractivity (Wildman–Crippen MR) is 105 cm³/mol. The molecule has 1 saturated heterocycles. The lowest BCUT2D eigenvalue weighted by Crippen LogP contribution is -2.34. The number of morpholine rings is 1. The van der Waals surface area contributed by atoms with Crippen molar-refractivity contribution in [3.8, 4) is 0 Å². The van der Waals surface area contributed by atoms with Crippen molar-refractivity contribution in [3.63, 3.8) is 0 Å². The van der Waals surface area contributed by atoms with Crippen molar-refractivity contribution in [3.05, 3.63) is 65.5 Å². The maximum Gasteiger partial charge on any atom is 0.150 e. The van der Waals surface area contributed by atoms with Crippen LogP contribution in [0.4, 0.5) is 0 Å². The molecule has 132 valence electrons. The summed E-state index contributed by atoms with van der Waals surface area (Å²) in [4.78, 5) is 7.92. The summed E-state index contributed by atoms with van der Waals surface area (Å²) in [6, 6.07) is 16.0. The molecule has 0 unspecified atom stereocenters. The number of fused-ring (bicyclic) bond motifs is 1. The summed E-state index contributed by atoms with van der Waals surface area (Å²) < 4.78 is 5.33. The van der Waals surface area contributed by atoms with Gasteiger partial charge in [-0.15, -0.1) is 0 Å². The Labute approximate surface area is 152 Å². The number of benzene rings is 2. The third-order valence-corrected chi connectivity index (χ3v) is 4.27. The van der Waals surface area contributed by atoms with Gasteiger partial charge >= 0.3 is 0 Å². The zero-order valence-corrected chi connectivity index (χ0v) is 14.4. The van der Waals surface area contributed by atoms with Gasteiger partial charge in [0.15, 0.2) is 5.84 Å². The monoisotopic (exact) mass is 347 g/mol. The molecule has 0 bridgehead atoms. The first-order chi connectivity index (χ1) is 12.8. The third-order valence-electron chi connectivity index (χ3n) is 4.27. The Kier molecular flexibility index (Phi) is 4.66. The van der Waals surface area contributed by atoms with E-state index in [0.717, 1.165) is 41.1 Å². The first-order valence-electron chi connectivity index (χ1n) is 8.68. The van der Waals surface area contributed by atoms with Gasteiger partial charge in [0.1, 0.15) is 5.82 Å². The summed E-state index contributed by atoms with van der Waals surface area (Å²) in [6.07, 6.45) is 4.01. The molecule has 4 rings (SSSR count). The Bertz CT molecular complexity index is 939. The van der Waals surface area contributed by atoms with Crippen molar-refractivity contribution < 1.29 is 4.74 Å². The fourth-order valence-electron chi connectivity index (χ4n) is 2.87. The van der Waals surface area contributed by atoms with Crippen LogP contribution in [0.15, 0.2) is 53.6 Å². The zero-order chi connectivity index (χ0) is 17.8. The van der Waals surface area contributed by atoms with Gasteiger partial charge < -0.3 is 15.5 Å². The number of ether oxygens (including phenoxy) is 1. The van der Waals surface area contributed by atoms with Crippen molar-refractivity contribution in [1.82, 2.24) is 15.0 Å². The third kappa shape index (κ3) is 3.75. The van der Waals surface area contributed by atoms with Crippen LogP contribution in [0.25, 0.3) is 23.2 Å². The second-order valence-corrected chi connectivity index (χ2v) is 6.15. The number of nitrogens with one attached hydrogen (secondary N) is 1. The maximum absolute atomic E-state index is 6.18. The molecule has 26 heavy (non-hydrogen) atoms. The number of hydrogen-bond donors (Lipinski definition) is 2. The zero-order valence-electron chi connectivity index (χ0n) is 14.4. The number of rotatable bonds is 4. The molecule has 0 saturated carbocycles. The first kappa shape index (κ1) is 16.4. The van der Waals surface area contributed by atoms with E-state index in [1.807, 2.05) is 53.6 Å². The molecule has 1 aliphatic heterocycles. The van der Waals surface area contributed by atoms with E-state index in [1.165, 1.54) is 0 Å². The largest absolute Gasteiger partial charge is 0.382 e.